The zero-order valence-electron chi connectivity index (χ0n) is 16.8. The third kappa shape index (κ3) is 4.32. The van der Waals surface area contributed by atoms with Crippen molar-refractivity contribution in [1.82, 2.24) is 9.29 Å². The van der Waals surface area contributed by atoms with Gasteiger partial charge in [-0.15, -0.1) is 6.58 Å². The van der Waals surface area contributed by atoms with Crippen molar-refractivity contribution in [2.75, 3.05) is 11.9 Å². The van der Waals surface area contributed by atoms with Crippen LogP contribution in [-0.4, -0.2) is 42.2 Å². The Kier molecular flexibility index (Phi) is 5.91. The molecule has 0 saturated heterocycles. The minimum atomic E-state index is -4.12. The second-order valence-corrected chi connectivity index (χ2v) is 9.06. The second-order valence-electron chi connectivity index (χ2n) is 7.38. The predicted molar refractivity (Wildman–Crippen MR) is 110 cm³/mol. The van der Waals surface area contributed by atoms with Gasteiger partial charge in [-0.25, -0.2) is 17.5 Å². The molecule has 1 aliphatic rings. The van der Waals surface area contributed by atoms with Crippen LogP contribution < -0.4 is 14.8 Å². The summed E-state index contributed by atoms with van der Waals surface area (Å²) in [7, 11) is -2.64. The first kappa shape index (κ1) is 22.5. The highest BCUT2D eigenvalue weighted by Crippen LogP contribution is 2.34. The van der Waals surface area contributed by atoms with Crippen LogP contribution in [0.3, 0.4) is 0 Å². The van der Waals surface area contributed by atoms with E-state index in [1.165, 1.54) is 36.9 Å². The van der Waals surface area contributed by atoms with Crippen molar-refractivity contribution < 1.29 is 27.4 Å². The van der Waals surface area contributed by atoms with Gasteiger partial charge in [0.2, 0.25) is 10.0 Å². The molecule has 9 nitrogen and oxygen atoms in total. The van der Waals surface area contributed by atoms with E-state index >= 15 is 0 Å². The molecule has 0 spiro atoms. The number of nitrogens with zero attached hydrogens (tertiary/aromatic N) is 2. The van der Waals surface area contributed by atoms with Crippen molar-refractivity contribution >= 4 is 21.6 Å². The maximum Gasteiger partial charge on any atom is 0.276 e. The Morgan fingerprint density at radius 3 is 2.94 bits per heavy atom. The lowest BCUT2D eigenvalue weighted by Crippen LogP contribution is -2.52. The molecule has 2 atom stereocenters. The predicted octanol–water partition coefficient (Wildman–Crippen LogP) is 1.65. The van der Waals surface area contributed by atoms with Crippen LogP contribution in [0.4, 0.5) is 10.1 Å². The molecule has 31 heavy (non-hydrogen) atoms. The molecule has 0 aliphatic carbocycles. The van der Waals surface area contributed by atoms with E-state index in [1.54, 1.807) is 6.07 Å². The summed E-state index contributed by atoms with van der Waals surface area (Å²) in [6.07, 6.45) is 2.80. The molecule has 1 amide bonds. The highest BCUT2D eigenvalue weighted by Gasteiger charge is 2.41. The molecule has 0 saturated carbocycles. The largest absolute Gasteiger partial charge is 0.488 e. The first-order chi connectivity index (χ1) is 14.5. The summed E-state index contributed by atoms with van der Waals surface area (Å²) in [6.45, 7) is 4.78. The van der Waals surface area contributed by atoms with Crippen molar-refractivity contribution in [1.29, 1.82) is 5.26 Å². The van der Waals surface area contributed by atoms with Gasteiger partial charge in [0, 0.05) is 18.9 Å². The zero-order chi connectivity index (χ0) is 23.0. The number of rotatable bonds is 5. The fourth-order valence-electron chi connectivity index (χ4n) is 3.24. The third-order valence-corrected chi connectivity index (χ3v) is 6.42. The van der Waals surface area contributed by atoms with Gasteiger partial charge < -0.3 is 19.7 Å². The van der Waals surface area contributed by atoms with Crippen molar-refractivity contribution in [3.63, 3.8) is 0 Å². The summed E-state index contributed by atoms with van der Waals surface area (Å²) in [5, 5.41) is 22.1. The number of sulfonamides is 1. The average Bonchev–Trinajstić information content (AvgIpc) is 2.97. The van der Waals surface area contributed by atoms with E-state index in [-0.39, 0.29) is 40.6 Å². The Morgan fingerprint density at radius 2 is 2.29 bits per heavy atom. The van der Waals surface area contributed by atoms with Gasteiger partial charge in [0.15, 0.2) is 11.4 Å². The number of hydrogen-bond donors (Lipinski definition) is 3. The van der Waals surface area contributed by atoms with Gasteiger partial charge in [0.25, 0.3) is 5.91 Å². The molecule has 164 valence electrons. The molecule has 3 N–H and O–H groups in total. The van der Waals surface area contributed by atoms with Crippen LogP contribution in [0, 0.1) is 17.1 Å². The van der Waals surface area contributed by atoms with Crippen molar-refractivity contribution in [3.8, 4) is 11.8 Å². The van der Waals surface area contributed by atoms with Crippen molar-refractivity contribution in [3.05, 3.63) is 54.1 Å². The number of anilines is 1. The number of fused-ring (bicyclic) bond motifs is 1. The maximum atomic E-state index is 13.5. The van der Waals surface area contributed by atoms with Crippen LogP contribution in [0.5, 0.6) is 5.75 Å². The second kappa shape index (κ2) is 8.14. The number of aromatic nitrogens is 1. The molecule has 3 rings (SSSR count). The van der Waals surface area contributed by atoms with Crippen molar-refractivity contribution in [2.24, 2.45) is 7.05 Å². The standard InChI is InChI=1S/C20H21FN4O5S/c1-4-7-20(2,27)16-11-30-18-15(31(28,29)24-16)10-25(3)17(18)19(26)23-13-5-6-14(21)12(8-13)9-22/h4-6,8,10,16,24,27H,1,7,11H2,2-3H3,(H,23,26)/t16-,20?/m1/s1. The molecule has 11 heteroatoms. The van der Waals surface area contributed by atoms with Crippen molar-refractivity contribution in [2.45, 2.75) is 29.9 Å². The number of halogens is 1. The summed E-state index contributed by atoms with van der Waals surface area (Å²) in [5.74, 6) is -1.62. The van der Waals surface area contributed by atoms with Gasteiger partial charge in [-0.1, -0.05) is 6.08 Å². The summed E-state index contributed by atoms with van der Waals surface area (Å²) < 4.78 is 48.6. The quantitative estimate of drug-likeness (QED) is 0.596. The maximum absolute atomic E-state index is 13.5. The van der Waals surface area contributed by atoms with E-state index < -0.39 is 33.4 Å². The highest BCUT2D eigenvalue weighted by atomic mass is 32.2. The van der Waals surface area contributed by atoms with Crippen LogP contribution in [0.1, 0.15) is 29.4 Å². The fraction of sp³-hybridized carbons (Fsp3) is 0.300. The lowest BCUT2D eigenvalue weighted by molar-refractivity contribution is 0.0143. The smallest absolute Gasteiger partial charge is 0.276 e. The summed E-state index contributed by atoms with van der Waals surface area (Å²) in [5.41, 5.74) is -1.66. The number of ether oxygens (including phenoxy) is 1. The Labute approximate surface area is 178 Å². The van der Waals surface area contributed by atoms with E-state index in [2.05, 4.69) is 16.6 Å². The number of nitriles is 1. The Hall–Kier alpha value is -3.20. The van der Waals surface area contributed by atoms with Gasteiger partial charge in [-0.05, 0) is 31.5 Å². The minimum absolute atomic E-state index is 0.0905. The van der Waals surface area contributed by atoms with Crippen LogP contribution in [0.25, 0.3) is 0 Å². The van der Waals surface area contributed by atoms with Gasteiger partial charge in [-0.2, -0.15) is 5.26 Å². The van der Waals surface area contributed by atoms with Gasteiger partial charge in [0.1, 0.15) is 23.4 Å². The molecule has 1 aromatic heterocycles. The van der Waals surface area contributed by atoms with Crippen LogP contribution in [0.15, 0.2) is 41.9 Å². The molecule has 1 unspecified atom stereocenters. The average molecular weight is 448 g/mol. The topological polar surface area (TPSA) is 133 Å². The third-order valence-electron chi connectivity index (χ3n) is 4.95. The van der Waals surface area contributed by atoms with Crippen LogP contribution in [-0.2, 0) is 17.1 Å². The fourth-order valence-corrected chi connectivity index (χ4v) is 4.76. The Morgan fingerprint density at radius 1 is 1.58 bits per heavy atom. The number of carbonyl (C=O) groups is 1. The lowest BCUT2D eigenvalue weighted by Gasteiger charge is -2.30. The lowest BCUT2D eigenvalue weighted by atomic mass is 9.94. The van der Waals surface area contributed by atoms with Crippen LogP contribution >= 0.6 is 0 Å². The number of benzene rings is 1. The molecule has 2 aromatic rings. The van der Waals surface area contributed by atoms with Crippen LogP contribution in [0.2, 0.25) is 0 Å². The van der Waals surface area contributed by atoms with E-state index in [0.29, 0.717) is 0 Å². The Bertz CT molecular complexity index is 1200. The number of carbonyl (C=O) groups excluding carboxylic acids is 1. The number of aryl methyl sites for hydroxylation is 1. The Balaban J connectivity index is 1.97. The number of amides is 1. The molecule has 0 fully saturated rings. The highest BCUT2D eigenvalue weighted by molar-refractivity contribution is 7.89. The first-order valence-electron chi connectivity index (χ1n) is 9.19. The molecular formula is C20H21FN4O5S. The summed E-state index contributed by atoms with van der Waals surface area (Å²) in [4.78, 5) is 12.6. The number of aliphatic hydroxyl groups is 1. The van der Waals surface area contributed by atoms with Gasteiger partial charge >= 0.3 is 0 Å². The molecule has 0 bridgehead atoms. The molecule has 2 heterocycles. The summed E-state index contributed by atoms with van der Waals surface area (Å²) >= 11 is 0. The molecular weight excluding hydrogens is 427 g/mol. The van der Waals surface area contributed by atoms with E-state index in [1.807, 2.05) is 0 Å². The van der Waals surface area contributed by atoms with E-state index in [4.69, 9.17) is 10.00 Å². The number of nitrogens with one attached hydrogen (secondary N) is 2. The normalized spacial score (nSPS) is 19.1. The molecule has 0 radical (unpaired) electrons. The SMILES string of the molecule is C=CCC(C)(O)[C@H]1COc2c(cn(C)c2C(=O)Nc2ccc(F)c(C#N)c2)S(=O)(=O)N1. The molecule has 1 aliphatic heterocycles. The first-order valence-corrected chi connectivity index (χ1v) is 10.7. The molecule has 1 aromatic carbocycles. The van der Waals surface area contributed by atoms with E-state index in [0.717, 1.165) is 12.1 Å². The monoisotopic (exact) mass is 448 g/mol. The van der Waals surface area contributed by atoms with Gasteiger partial charge in [0.05, 0.1) is 17.2 Å². The number of hydrogen-bond acceptors (Lipinski definition) is 6. The zero-order valence-corrected chi connectivity index (χ0v) is 17.7. The van der Waals surface area contributed by atoms with Gasteiger partial charge in [-0.3, -0.25) is 4.79 Å². The van der Waals surface area contributed by atoms with E-state index in [9.17, 15) is 22.7 Å². The minimum Gasteiger partial charge on any atom is -0.488 e. The summed E-state index contributed by atoms with van der Waals surface area (Å²) in [6, 6.07) is 4.17.